The summed E-state index contributed by atoms with van der Waals surface area (Å²) < 4.78 is 13.1. The number of hydrogen-bond donors (Lipinski definition) is 0. The molecule has 0 aliphatic carbocycles. The Hall–Kier alpha value is -2.69. The third-order valence-corrected chi connectivity index (χ3v) is 5.59. The number of amides is 2. The molecule has 5 heteroatoms. The normalized spacial score (nSPS) is 21.9. The molecule has 0 radical (unpaired) electrons. The van der Waals surface area contributed by atoms with E-state index in [9.17, 15) is 14.0 Å². The van der Waals surface area contributed by atoms with E-state index in [1.54, 1.807) is 4.90 Å². The summed E-state index contributed by atoms with van der Waals surface area (Å²) in [6, 6.07) is 13.8. The smallest absolute Gasteiger partial charge is 0.253 e. The molecule has 0 spiro atoms. The van der Waals surface area contributed by atoms with E-state index in [1.807, 2.05) is 23.1 Å². The summed E-state index contributed by atoms with van der Waals surface area (Å²) in [6.07, 6.45) is 2.46. The van der Waals surface area contributed by atoms with Crippen molar-refractivity contribution in [3.8, 4) is 0 Å². The molecule has 0 bridgehead atoms. The molecule has 1 fully saturated rings. The zero-order chi connectivity index (χ0) is 19.0. The second kappa shape index (κ2) is 7.14. The number of piperidine rings is 1. The van der Waals surface area contributed by atoms with Crippen LogP contribution >= 0.6 is 0 Å². The van der Waals surface area contributed by atoms with Gasteiger partial charge in [-0.3, -0.25) is 9.59 Å². The number of halogens is 1. The lowest BCUT2D eigenvalue weighted by molar-refractivity contribution is -0.124. The maximum absolute atomic E-state index is 13.3. The molecule has 27 heavy (non-hydrogen) atoms. The van der Waals surface area contributed by atoms with Gasteiger partial charge in [0.1, 0.15) is 5.82 Å². The van der Waals surface area contributed by atoms with Gasteiger partial charge in [-0.2, -0.15) is 0 Å². The van der Waals surface area contributed by atoms with Gasteiger partial charge >= 0.3 is 0 Å². The maximum Gasteiger partial charge on any atom is 0.253 e. The number of hydrogen-bond acceptors (Lipinski definition) is 2. The average Bonchev–Trinajstić information content (AvgIpc) is 3.03. The van der Waals surface area contributed by atoms with Crippen molar-refractivity contribution >= 4 is 17.5 Å². The van der Waals surface area contributed by atoms with Gasteiger partial charge in [-0.15, -0.1) is 0 Å². The van der Waals surface area contributed by atoms with Crippen molar-refractivity contribution in [3.63, 3.8) is 0 Å². The highest BCUT2D eigenvalue weighted by atomic mass is 19.1. The maximum atomic E-state index is 13.3. The van der Waals surface area contributed by atoms with Crippen molar-refractivity contribution in [2.75, 3.05) is 18.0 Å². The number of fused-ring (bicyclic) bond motifs is 1. The molecule has 2 aromatic rings. The Morgan fingerprint density at radius 1 is 1.07 bits per heavy atom. The van der Waals surface area contributed by atoms with Gasteiger partial charge in [-0.25, -0.2) is 4.39 Å². The zero-order valence-electron chi connectivity index (χ0n) is 15.4. The molecule has 2 atom stereocenters. The minimum atomic E-state index is -0.361. The lowest BCUT2D eigenvalue weighted by Crippen LogP contribution is -2.48. The Labute approximate surface area is 158 Å². The molecule has 2 aromatic carbocycles. The van der Waals surface area contributed by atoms with Crippen molar-refractivity contribution in [3.05, 3.63) is 65.5 Å². The van der Waals surface area contributed by atoms with Crippen molar-refractivity contribution in [2.45, 2.75) is 32.2 Å². The number of rotatable bonds is 2. The summed E-state index contributed by atoms with van der Waals surface area (Å²) in [4.78, 5) is 29.6. The van der Waals surface area contributed by atoms with E-state index in [0.717, 1.165) is 24.9 Å². The van der Waals surface area contributed by atoms with E-state index < -0.39 is 0 Å². The molecule has 4 nitrogen and oxygen atoms in total. The van der Waals surface area contributed by atoms with Crippen molar-refractivity contribution in [2.24, 2.45) is 5.92 Å². The number of nitrogens with zero attached hydrogens (tertiary/aromatic N) is 2. The highest BCUT2D eigenvalue weighted by molar-refractivity contribution is 5.99. The Bertz CT molecular complexity index is 865. The molecular formula is C22H23FN2O2. The van der Waals surface area contributed by atoms with E-state index in [-0.39, 0.29) is 29.6 Å². The minimum absolute atomic E-state index is 0.101. The van der Waals surface area contributed by atoms with E-state index in [2.05, 4.69) is 13.0 Å². The number of benzene rings is 2. The summed E-state index contributed by atoms with van der Waals surface area (Å²) in [5.74, 6) is -0.594. The molecular weight excluding hydrogens is 343 g/mol. The molecule has 140 valence electrons. The lowest BCUT2D eigenvalue weighted by atomic mass is 9.95. The fourth-order valence-electron chi connectivity index (χ4n) is 4.24. The number of anilines is 1. The molecule has 0 aromatic heterocycles. The molecule has 0 saturated carbocycles. The number of para-hydroxylation sites is 1. The van der Waals surface area contributed by atoms with Crippen LogP contribution in [0.1, 0.15) is 35.7 Å². The predicted octanol–water partition coefficient (Wildman–Crippen LogP) is 3.66. The molecule has 2 aliphatic heterocycles. The Morgan fingerprint density at radius 2 is 1.81 bits per heavy atom. The largest absolute Gasteiger partial charge is 0.338 e. The summed E-state index contributed by atoms with van der Waals surface area (Å²) in [5, 5.41) is 0. The van der Waals surface area contributed by atoms with Crippen LogP contribution in [-0.2, 0) is 11.2 Å². The first-order valence-electron chi connectivity index (χ1n) is 9.50. The highest BCUT2D eigenvalue weighted by Crippen LogP contribution is 2.34. The first kappa shape index (κ1) is 17.7. The van der Waals surface area contributed by atoms with Crippen molar-refractivity contribution in [1.82, 2.24) is 4.90 Å². The Kier molecular flexibility index (Phi) is 4.68. The van der Waals surface area contributed by atoms with Gasteiger partial charge in [0.2, 0.25) is 5.91 Å². The van der Waals surface area contributed by atoms with Crippen LogP contribution in [0.25, 0.3) is 0 Å². The number of likely N-dealkylation sites (tertiary alicyclic amines) is 1. The third kappa shape index (κ3) is 3.34. The summed E-state index contributed by atoms with van der Waals surface area (Å²) in [5.41, 5.74) is 2.66. The van der Waals surface area contributed by atoms with Gasteiger partial charge in [0, 0.05) is 30.4 Å². The molecule has 4 rings (SSSR count). The standard InChI is InChI=1S/C22H23FN2O2/c1-15-13-17-5-2-3-7-20(17)25(15)22(27)18-6-4-12-24(14-18)21(26)16-8-10-19(23)11-9-16/h2-3,5,7-11,15,18H,4,6,12-14H2,1H3/t15-,18+/m0/s1. The lowest BCUT2D eigenvalue weighted by Gasteiger charge is -2.35. The fourth-order valence-corrected chi connectivity index (χ4v) is 4.24. The highest BCUT2D eigenvalue weighted by Gasteiger charge is 2.37. The van der Waals surface area contributed by atoms with Crippen molar-refractivity contribution < 1.29 is 14.0 Å². The van der Waals surface area contributed by atoms with Crippen LogP contribution in [0.2, 0.25) is 0 Å². The second-order valence-corrected chi connectivity index (χ2v) is 7.49. The van der Waals surface area contributed by atoms with Gasteiger partial charge in [0.05, 0.1) is 5.92 Å². The summed E-state index contributed by atoms with van der Waals surface area (Å²) in [7, 11) is 0. The number of carbonyl (C=O) groups is 2. The Balaban J connectivity index is 1.50. The van der Waals surface area contributed by atoms with E-state index >= 15 is 0 Å². The molecule has 0 N–H and O–H groups in total. The van der Waals surface area contributed by atoms with Crippen LogP contribution in [0.5, 0.6) is 0 Å². The van der Waals surface area contributed by atoms with Crippen molar-refractivity contribution in [1.29, 1.82) is 0 Å². The third-order valence-electron chi connectivity index (χ3n) is 5.59. The van der Waals surface area contributed by atoms with Gasteiger partial charge in [0.15, 0.2) is 0 Å². The second-order valence-electron chi connectivity index (χ2n) is 7.49. The monoisotopic (exact) mass is 366 g/mol. The summed E-state index contributed by atoms with van der Waals surface area (Å²) in [6.45, 7) is 3.12. The zero-order valence-corrected chi connectivity index (χ0v) is 15.4. The van der Waals surface area contributed by atoms with Crippen LogP contribution in [0.3, 0.4) is 0 Å². The fraction of sp³-hybridized carbons (Fsp3) is 0.364. The SMILES string of the molecule is C[C@H]1Cc2ccccc2N1C(=O)[C@@H]1CCCN(C(=O)c2ccc(F)cc2)C1. The Morgan fingerprint density at radius 3 is 2.59 bits per heavy atom. The van der Waals surface area contributed by atoms with Gasteiger partial charge in [-0.05, 0) is 62.1 Å². The van der Waals surface area contributed by atoms with Crippen LogP contribution in [0, 0.1) is 11.7 Å². The first-order valence-corrected chi connectivity index (χ1v) is 9.50. The van der Waals surface area contributed by atoms with Gasteiger partial charge in [0.25, 0.3) is 5.91 Å². The van der Waals surface area contributed by atoms with Crippen LogP contribution in [0.15, 0.2) is 48.5 Å². The topological polar surface area (TPSA) is 40.6 Å². The minimum Gasteiger partial charge on any atom is -0.338 e. The van der Waals surface area contributed by atoms with Crippen LogP contribution in [-0.4, -0.2) is 35.8 Å². The molecule has 1 saturated heterocycles. The summed E-state index contributed by atoms with van der Waals surface area (Å²) >= 11 is 0. The number of carbonyl (C=O) groups excluding carboxylic acids is 2. The molecule has 0 unspecified atom stereocenters. The van der Waals surface area contributed by atoms with E-state index in [4.69, 9.17) is 0 Å². The van der Waals surface area contributed by atoms with Gasteiger partial charge < -0.3 is 9.80 Å². The predicted molar refractivity (Wildman–Crippen MR) is 102 cm³/mol. The van der Waals surface area contributed by atoms with Gasteiger partial charge in [-0.1, -0.05) is 18.2 Å². The first-order chi connectivity index (χ1) is 13.0. The van der Waals surface area contributed by atoms with E-state index in [0.29, 0.717) is 18.7 Å². The molecule has 2 heterocycles. The van der Waals surface area contributed by atoms with E-state index in [1.165, 1.54) is 29.8 Å². The van der Waals surface area contributed by atoms with Crippen LogP contribution in [0.4, 0.5) is 10.1 Å². The van der Waals surface area contributed by atoms with Crippen LogP contribution < -0.4 is 4.90 Å². The average molecular weight is 366 g/mol. The molecule has 2 aliphatic rings. The quantitative estimate of drug-likeness (QED) is 0.814. The molecule has 2 amide bonds.